The molecule has 26 heavy (non-hydrogen) atoms. The third-order valence-corrected chi connectivity index (χ3v) is 5.01. The largest absolute Gasteiger partial charge is 0.451 e. The first-order valence-corrected chi connectivity index (χ1v) is 9.64. The number of aliphatic imine (C=N–C) groups is 1. The van der Waals surface area contributed by atoms with Crippen LogP contribution >= 0.6 is 7.75 Å². The number of H-pyrrole nitrogens is 1. The average Bonchev–Trinajstić information content (AvgIpc) is 3.30. The summed E-state index contributed by atoms with van der Waals surface area (Å²) >= 11 is 0. The van der Waals surface area contributed by atoms with Crippen LogP contribution in [0.3, 0.4) is 0 Å². The minimum Gasteiger partial charge on any atom is -0.355 e. The van der Waals surface area contributed by atoms with E-state index < -0.39 is 13.8 Å². The van der Waals surface area contributed by atoms with Crippen molar-refractivity contribution in [2.75, 3.05) is 33.3 Å². The van der Waals surface area contributed by atoms with Crippen molar-refractivity contribution in [2.45, 2.75) is 18.9 Å². The van der Waals surface area contributed by atoms with Crippen LogP contribution in [0.25, 0.3) is 0 Å². The molecule has 146 valence electrons. The number of aromatic amines is 1. The zero-order valence-electron chi connectivity index (χ0n) is 14.6. The first kappa shape index (κ1) is 20.3. The van der Waals surface area contributed by atoms with Crippen LogP contribution in [0.5, 0.6) is 0 Å². The normalized spacial score (nSPS) is 17.5. The Hall–Kier alpha value is -1.98. The lowest BCUT2D eigenvalue weighted by molar-refractivity contribution is -0.122. The topological polar surface area (TPSA) is 173 Å². The summed E-state index contributed by atoms with van der Waals surface area (Å²) < 4.78 is 21.1. The summed E-state index contributed by atoms with van der Waals surface area (Å²) in [5.74, 6) is 5.15. The molecule has 13 heteroatoms. The molecule has 2 unspecified atom stereocenters. The van der Waals surface area contributed by atoms with E-state index in [0.717, 1.165) is 5.69 Å². The SMILES string of the molecule is COP(=O)(NC1=NCCN1CCCNC(=O)C(N)Cc1cnc[nH]1)ON. The Morgan fingerprint density at radius 3 is 3.04 bits per heavy atom. The number of hydrogen-bond acceptors (Lipinski definition) is 9. The summed E-state index contributed by atoms with van der Waals surface area (Å²) in [6.07, 6.45) is 4.23. The Balaban J connectivity index is 1.69. The van der Waals surface area contributed by atoms with E-state index in [-0.39, 0.29) is 5.91 Å². The molecule has 0 aliphatic carbocycles. The molecular formula is C13H25N8O4P. The van der Waals surface area contributed by atoms with Gasteiger partial charge in [0, 0.05) is 45.1 Å². The van der Waals surface area contributed by atoms with Gasteiger partial charge in [-0.3, -0.25) is 19.4 Å². The molecule has 2 heterocycles. The highest BCUT2D eigenvalue weighted by atomic mass is 31.2. The third kappa shape index (κ3) is 5.78. The molecule has 0 bridgehead atoms. The molecule has 1 aliphatic heterocycles. The molecule has 1 aromatic heterocycles. The summed E-state index contributed by atoms with van der Waals surface area (Å²) in [5, 5.41) is 5.37. The van der Waals surface area contributed by atoms with Crippen molar-refractivity contribution < 1.29 is 18.5 Å². The predicted octanol–water partition coefficient (Wildman–Crippen LogP) is -1.31. The molecule has 12 nitrogen and oxygen atoms in total. The Morgan fingerprint density at radius 1 is 1.58 bits per heavy atom. The van der Waals surface area contributed by atoms with Crippen LogP contribution in [0.1, 0.15) is 12.1 Å². The number of imidazole rings is 1. The maximum atomic E-state index is 12.0. The zero-order chi connectivity index (χ0) is 19.0. The summed E-state index contributed by atoms with van der Waals surface area (Å²) in [6, 6.07) is -0.643. The van der Waals surface area contributed by atoms with Gasteiger partial charge in [0.1, 0.15) is 0 Å². The molecular weight excluding hydrogens is 363 g/mol. The molecule has 0 spiro atoms. The van der Waals surface area contributed by atoms with Gasteiger partial charge in [-0.1, -0.05) is 0 Å². The maximum Gasteiger partial charge on any atom is 0.451 e. The van der Waals surface area contributed by atoms with Gasteiger partial charge < -0.3 is 20.9 Å². The van der Waals surface area contributed by atoms with E-state index in [9.17, 15) is 9.36 Å². The van der Waals surface area contributed by atoms with Crippen LogP contribution in [0, 0.1) is 0 Å². The Labute approximate surface area is 151 Å². The highest BCUT2D eigenvalue weighted by Crippen LogP contribution is 2.40. The molecule has 1 amide bonds. The molecule has 1 aliphatic rings. The number of rotatable bonds is 10. The first-order valence-electron chi connectivity index (χ1n) is 8.10. The van der Waals surface area contributed by atoms with Gasteiger partial charge in [-0.25, -0.2) is 20.1 Å². The molecule has 1 aromatic rings. The third-order valence-electron chi connectivity index (χ3n) is 3.78. The Morgan fingerprint density at radius 2 is 2.38 bits per heavy atom. The standard InChI is InChI=1S/C13H25N8O4P/c1-24-26(23,25-15)20-13-18-4-6-21(13)5-2-3-17-12(22)11(14)7-10-8-16-9-19-10/h8-9,11H,2-7,14-15H2,1H3,(H,16,19)(H,17,22)(H,18,20,23). The van der Waals surface area contributed by atoms with E-state index in [2.05, 4.69) is 30.0 Å². The fourth-order valence-corrected chi connectivity index (χ4v) is 3.07. The van der Waals surface area contributed by atoms with Gasteiger partial charge in [-0.2, -0.15) is 0 Å². The van der Waals surface area contributed by atoms with Crippen molar-refractivity contribution in [3.63, 3.8) is 0 Å². The second-order valence-electron chi connectivity index (χ2n) is 5.62. The van der Waals surface area contributed by atoms with Crippen LogP contribution in [-0.4, -0.2) is 66.1 Å². The Kier molecular flexibility index (Phi) is 7.54. The number of carbonyl (C=O) groups is 1. The van der Waals surface area contributed by atoms with Crippen molar-refractivity contribution >= 4 is 19.6 Å². The fraction of sp³-hybridized carbons (Fsp3) is 0.615. The Bertz CT molecular complexity index is 645. The van der Waals surface area contributed by atoms with Gasteiger partial charge >= 0.3 is 7.75 Å². The van der Waals surface area contributed by atoms with Gasteiger partial charge in [0.2, 0.25) is 11.9 Å². The van der Waals surface area contributed by atoms with Crippen LogP contribution in [0.15, 0.2) is 17.5 Å². The maximum absolute atomic E-state index is 12.0. The van der Waals surface area contributed by atoms with E-state index in [0.29, 0.717) is 45.0 Å². The molecule has 0 saturated heterocycles. The molecule has 0 radical (unpaired) electrons. The molecule has 0 saturated carbocycles. The number of nitrogens with two attached hydrogens (primary N) is 2. The smallest absolute Gasteiger partial charge is 0.355 e. The fourth-order valence-electron chi connectivity index (χ4n) is 2.38. The number of carbonyl (C=O) groups excluding carboxylic acids is 1. The lowest BCUT2D eigenvalue weighted by atomic mass is 10.1. The van der Waals surface area contributed by atoms with Crippen molar-refractivity contribution in [2.24, 2.45) is 16.6 Å². The van der Waals surface area contributed by atoms with Crippen molar-refractivity contribution in [3.8, 4) is 0 Å². The van der Waals surface area contributed by atoms with Gasteiger partial charge in [-0.05, 0) is 6.42 Å². The van der Waals surface area contributed by atoms with Crippen molar-refractivity contribution in [1.29, 1.82) is 0 Å². The van der Waals surface area contributed by atoms with Crippen LogP contribution < -0.4 is 22.0 Å². The highest BCUT2D eigenvalue weighted by molar-refractivity contribution is 7.52. The van der Waals surface area contributed by atoms with E-state index in [1.54, 1.807) is 12.5 Å². The van der Waals surface area contributed by atoms with E-state index in [1.807, 2.05) is 4.90 Å². The molecule has 0 aromatic carbocycles. The van der Waals surface area contributed by atoms with Crippen LogP contribution in [-0.2, 0) is 24.9 Å². The van der Waals surface area contributed by atoms with E-state index in [1.165, 1.54) is 7.11 Å². The molecule has 2 rings (SSSR count). The van der Waals surface area contributed by atoms with Crippen LogP contribution in [0.2, 0.25) is 0 Å². The predicted molar refractivity (Wildman–Crippen MR) is 94.8 cm³/mol. The molecule has 2 atom stereocenters. The number of nitrogens with one attached hydrogen (secondary N) is 3. The van der Waals surface area contributed by atoms with Gasteiger partial charge in [0.15, 0.2) is 0 Å². The number of guanidine groups is 1. The summed E-state index contributed by atoms with van der Waals surface area (Å²) in [6.45, 7) is 2.26. The highest BCUT2D eigenvalue weighted by Gasteiger charge is 2.28. The number of hydrogen-bond donors (Lipinski definition) is 5. The zero-order valence-corrected chi connectivity index (χ0v) is 15.4. The number of amides is 1. The first-order chi connectivity index (χ1) is 12.5. The summed E-state index contributed by atoms with van der Waals surface area (Å²) in [5.41, 5.74) is 6.67. The lowest BCUT2D eigenvalue weighted by Crippen LogP contribution is -2.43. The van der Waals surface area contributed by atoms with E-state index in [4.69, 9.17) is 16.2 Å². The number of aromatic nitrogens is 2. The second-order valence-corrected chi connectivity index (χ2v) is 7.42. The lowest BCUT2D eigenvalue weighted by Gasteiger charge is -2.23. The average molecular weight is 388 g/mol. The van der Waals surface area contributed by atoms with Crippen molar-refractivity contribution in [3.05, 3.63) is 18.2 Å². The minimum atomic E-state index is -3.60. The van der Waals surface area contributed by atoms with Crippen LogP contribution in [0.4, 0.5) is 0 Å². The number of nitrogens with zero attached hydrogens (tertiary/aromatic N) is 3. The minimum absolute atomic E-state index is 0.228. The summed E-state index contributed by atoms with van der Waals surface area (Å²) in [4.78, 5) is 24.9. The second kappa shape index (κ2) is 9.64. The molecule has 7 N–H and O–H groups in total. The van der Waals surface area contributed by atoms with Gasteiger partial charge in [-0.15, -0.1) is 0 Å². The monoisotopic (exact) mass is 388 g/mol. The quantitative estimate of drug-likeness (QED) is 0.185. The van der Waals surface area contributed by atoms with Gasteiger partial charge in [0.25, 0.3) is 0 Å². The van der Waals surface area contributed by atoms with Crippen molar-refractivity contribution in [1.82, 2.24) is 25.3 Å². The summed E-state index contributed by atoms with van der Waals surface area (Å²) in [7, 11) is -2.38. The van der Waals surface area contributed by atoms with Gasteiger partial charge in [0.05, 0.1) is 18.9 Å². The molecule has 0 fully saturated rings. The van der Waals surface area contributed by atoms with E-state index >= 15 is 0 Å².